The standard InChI is InChI=1S/C25H31NO4/c1-3-4-5-6-7-11-16-29-24-23(28-2)21-15-14-20(17-22(21)26-25(24)27)30-18-19-12-9-8-10-13-19/h8-10,12-15,17H,3-7,11,16,18H2,1-2H3,(H,26,27). The van der Waals surface area contributed by atoms with Gasteiger partial charge in [-0.15, -0.1) is 0 Å². The van der Waals surface area contributed by atoms with Crippen molar-refractivity contribution < 1.29 is 14.2 Å². The first kappa shape index (κ1) is 21.8. The molecule has 0 bridgehead atoms. The van der Waals surface area contributed by atoms with E-state index in [0.717, 1.165) is 23.8 Å². The van der Waals surface area contributed by atoms with Crippen molar-refractivity contribution in [1.82, 2.24) is 4.98 Å². The maximum atomic E-state index is 12.6. The second-order valence-corrected chi connectivity index (χ2v) is 7.41. The molecule has 5 heteroatoms. The average molecular weight is 410 g/mol. The molecule has 0 atom stereocenters. The molecule has 160 valence electrons. The van der Waals surface area contributed by atoms with Crippen molar-refractivity contribution in [3.63, 3.8) is 0 Å². The van der Waals surface area contributed by atoms with E-state index in [-0.39, 0.29) is 11.3 Å². The molecule has 5 nitrogen and oxygen atoms in total. The minimum Gasteiger partial charge on any atom is -0.492 e. The summed E-state index contributed by atoms with van der Waals surface area (Å²) in [6.07, 6.45) is 7.00. The van der Waals surface area contributed by atoms with Crippen LogP contribution in [0.4, 0.5) is 0 Å². The topological polar surface area (TPSA) is 60.6 Å². The molecule has 0 radical (unpaired) electrons. The molecule has 0 aliphatic rings. The van der Waals surface area contributed by atoms with E-state index in [1.165, 1.54) is 25.7 Å². The fraction of sp³-hybridized carbons (Fsp3) is 0.400. The molecule has 2 aromatic carbocycles. The molecule has 0 saturated heterocycles. The van der Waals surface area contributed by atoms with Crippen molar-refractivity contribution in [2.24, 2.45) is 0 Å². The number of unbranched alkanes of at least 4 members (excludes halogenated alkanes) is 5. The first-order valence-corrected chi connectivity index (χ1v) is 10.8. The van der Waals surface area contributed by atoms with Crippen LogP contribution < -0.4 is 19.8 Å². The molecule has 0 aliphatic carbocycles. The summed E-state index contributed by atoms with van der Waals surface area (Å²) in [6.45, 7) is 3.18. The Morgan fingerprint density at radius 3 is 2.40 bits per heavy atom. The van der Waals surface area contributed by atoms with Gasteiger partial charge in [0.1, 0.15) is 12.4 Å². The van der Waals surface area contributed by atoms with Gasteiger partial charge >= 0.3 is 0 Å². The monoisotopic (exact) mass is 409 g/mol. The third-order valence-corrected chi connectivity index (χ3v) is 5.09. The van der Waals surface area contributed by atoms with Crippen LogP contribution in [0.15, 0.2) is 53.3 Å². The van der Waals surface area contributed by atoms with E-state index in [9.17, 15) is 4.79 Å². The molecule has 0 aliphatic heterocycles. The van der Waals surface area contributed by atoms with E-state index in [4.69, 9.17) is 14.2 Å². The number of aromatic amines is 1. The van der Waals surface area contributed by atoms with Gasteiger partial charge in [-0.2, -0.15) is 0 Å². The van der Waals surface area contributed by atoms with Crippen molar-refractivity contribution in [2.75, 3.05) is 13.7 Å². The largest absolute Gasteiger partial charge is 0.492 e. The van der Waals surface area contributed by atoms with E-state index in [0.29, 0.717) is 30.2 Å². The number of ether oxygens (including phenoxy) is 3. The van der Waals surface area contributed by atoms with Crippen LogP contribution in [-0.4, -0.2) is 18.7 Å². The number of aromatic nitrogens is 1. The number of hydrogen-bond acceptors (Lipinski definition) is 4. The highest BCUT2D eigenvalue weighted by Crippen LogP contribution is 2.33. The van der Waals surface area contributed by atoms with Crippen LogP contribution in [0.3, 0.4) is 0 Å². The lowest BCUT2D eigenvalue weighted by Gasteiger charge is -2.13. The van der Waals surface area contributed by atoms with Gasteiger partial charge in [0.05, 0.1) is 19.2 Å². The van der Waals surface area contributed by atoms with Crippen molar-refractivity contribution in [2.45, 2.75) is 52.1 Å². The lowest BCUT2D eigenvalue weighted by atomic mass is 10.1. The maximum absolute atomic E-state index is 12.6. The van der Waals surface area contributed by atoms with Crippen molar-refractivity contribution in [1.29, 1.82) is 0 Å². The van der Waals surface area contributed by atoms with Crippen LogP contribution in [0.1, 0.15) is 51.0 Å². The number of methoxy groups -OCH3 is 1. The molecular formula is C25H31NO4. The molecule has 0 amide bonds. The minimum atomic E-state index is -0.287. The lowest BCUT2D eigenvalue weighted by Crippen LogP contribution is -2.14. The highest BCUT2D eigenvalue weighted by atomic mass is 16.5. The second kappa shape index (κ2) is 11.3. The Morgan fingerprint density at radius 1 is 0.867 bits per heavy atom. The van der Waals surface area contributed by atoms with Crippen LogP contribution in [-0.2, 0) is 6.61 Å². The smallest absolute Gasteiger partial charge is 0.294 e. The predicted octanol–water partition coefficient (Wildman–Crippen LogP) is 5.86. The summed E-state index contributed by atoms with van der Waals surface area (Å²) >= 11 is 0. The van der Waals surface area contributed by atoms with Crippen molar-refractivity contribution in [3.05, 3.63) is 64.4 Å². The van der Waals surface area contributed by atoms with Gasteiger partial charge in [0.25, 0.3) is 5.56 Å². The first-order valence-electron chi connectivity index (χ1n) is 10.8. The second-order valence-electron chi connectivity index (χ2n) is 7.41. The fourth-order valence-corrected chi connectivity index (χ4v) is 3.45. The zero-order chi connectivity index (χ0) is 21.2. The van der Waals surface area contributed by atoms with E-state index in [2.05, 4.69) is 11.9 Å². The molecule has 1 N–H and O–H groups in total. The van der Waals surface area contributed by atoms with Crippen LogP contribution in [0.2, 0.25) is 0 Å². The van der Waals surface area contributed by atoms with Crippen LogP contribution >= 0.6 is 0 Å². The maximum Gasteiger partial charge on any atom is 0.294 e. The summed E-state index contributed by atoms with van der Waals surface area (Å²) in [5, 5.41) is 0.794. The zero-order valence-electron chi connectivity index (χ0n) is 17.9. The molecule has 3 rings (SSSR count). The molecular weight excluding hydrogens is 378 g/mol. The zero-order valence-corrected chi connectivity index (χ0v) is 17.9. The van der Waals surface area contributed by atoms with Gasteiger partial charge in [-0.05, 0) is 24.1 Å². The number of hydrogen-bond donors (Lipinski definition) is 1. The molecule has 0 unspecified atom stereocenters. The Labute approximate surface area is 178 Å². The van der Waals surface area contributed by atoms with E-state index < -0.39 is 0 Å². The molecule has 1 heterocycles. The third kappa shape index (κ3) is 5.78. The Morgan fingerprint density at radius 2 is 1.63 bits per heavy atom. The van der Waals surface area contributed by atoms with Crippen molar-refractivity contribution >= 4 is 10.9 Å². The molecule has 30 heavy (non-hydrogen) atoms. The summed E-state index contributed by atoms with van der Waals surface area (Å²) in [4.78, 5) is 15.5. The normalized spacial score (nSPS) is 10.9. The quantitative estimate of drug-likeness (QED) is 0.381. The van der Waals surface area contributed by atoms with Crippen LogP contribution in [0, 0.1) is 0 Å². The minimum absolute atomic E-state index is 0.247. The van der Waals surface area contributed by atoms with Crippen LogP contribution in [0.5, 0.6) is 17.2 Å². The molecule has 0 spiro atoms. The Hall–Kier alpha value is -2.95. The highest BCUT2D eigenvalue weighted by Gasteiger charge is 2.15. The number of fused-ring (bicyclic) bond motifs is 1. The van der Waals surface area contributed by atoms with Gasteiger partial charge in [-0.1, -0.05) is 69.4 Å². The van der Waals surface area contributed by atoms with Gasteiger partial charge in [-0.3, -0.25) is 4.79 Å². The molecule has 0 fully saturated rings. The average Bonchev–Trinajstić information content (AvgIpc) is 2.77. The highest BCUT2D eigenvalue weighted by molar-refractivity contribution is 5.88. The lowest BCUT2D eigenvalue weighted by molar-refractivity contribution is 0.282. The number of nitrogens with one attached hydrogen (secondary N) is 1. The van der Waals surface area contributed by atoms with E-state index in [1.807, 2.05) is 48.5 Å². The SMILES string of the molecule is CCCCCCCCOc1c(OC)c2ccc(OCc3ccccc3)cc2[nH]c1=O. The Bertz CT molecular complexity index is 982. The summed E-state index contributed by atoms with van der Waals surface area (Å²) in [5.41, 5.74) is 1.46. The fourth-order valence-electron chi connectivity index (χ4n) is 3.45. The number of rotatable bonds is 12. The van der Waals surface area contributed by atoms with Gasteiger partial charge in [0, 0.05) is 11.5 Å². The molecule has 0 saturated carbocycles. The Balaban J connectivity index is 1.68. The van der Waals surface area contributed by atoms with Crippen molar-refractivity contribution in [3.8, 4) is 17.2 Å². The van der Waals surface area contributed by atoms with Crippen LogP contribution in [0.25, 0.3) is 10.9 Å². The van der Waals surface area contributed by atoms with Gasteiger partial charge < -0.3 is 19.2 Å². The third-order valence-electron chi connectivity index (χ3n) is 5.09. The van der Waals surface area contributed by atoms with Gasteiger partial charge in [0.15, 0.2) is 5.75 Å². The summed E-state index contributed by atoms with van der Waals surface area (Å²) in [6, 6.07) is 15.6. The van der Waals surface area contributed by atoms with Gasteiger partial charge in [0.2, 0.25) is 5.75 Å². The van der Waals surface area contributed by atoms with E-state index >= 15 is 0 Å². The Kier molecular flexibility index (Phi) is 8.19. The number of pyridine rings is 1. The van der Waals surface area contributed by atoms with Gasteiger partial charge in [-0.25, -0.2) is 0 Å². The number of benzene rings is 2. The summed E-state index contributed by atoms with van der Waals surface area (Å²) < 4.78 is 17.2. The summed E-state index contributed by atoms with van der Waals surface area (Å²) in [7, 11) is 1.56. The predicted molar refractivity (Wildman–Crippen MR) is 121 cm³/mol. The number of H-pyrrole nitrogens is 1. The van der Waals surface area contributed by atoms with E-state index in [1.54, 1.807) is 7.11 Å². The summed E-state index contributed by atoms with van der Waals surface area (Å²) in [5.74, 6) is 1.40. The molecule has 1 aromatic heterocycles. The first-order chi connectivity index (χ1) is 14.7. The molecule has 3 aromatic rings.